The van der Waals surface area contributed by atoms with Crippen molar-refractivity contribution >= 4 is 0 Å². The van der Waals surface area contributed by atoms with Gasteiger partial charge < -0.3 is 9.84 Å². The minimum atomic E-state index is -0.290. The van der Waals surface area contributed by atoms with E-state index in [1.54, 1.807) is 6.08 Å². The highest BCUT2D eigenvalue weighted by atomic mass is 16.5. The summed E-state index contributed by atoms with van der Waals surface area (Å²) in [6, 6.07) is 5.91. The molecule has 0 fully saturated rings. The number of ether oxygens (including phenoxy) is 1. The van der Waals surface area contributed by atoms with Crippen LogP contribution in [-0.4, -0.2) is 11.7 Å². The number of aryl methyl sites for hydroxylation is 1. The third-order valence-electron chi connectivity index (χ3n) is 2.76. The van der Waals surface area contributed by atoms with Gasteiger partial charge in [0, 0.05) is 0 Å². The van der Waals surface area contributed by atoms with Gasteiger partial charge in [0.05, 0.1) is 6.10 Å². The quantitative estimate of drug-likeness (QED) is 0.767. The Kier molecular flexibility index (Phi) is 3.07. The molecule has 0 aliphatic heterocycles. The van der Waals surface area contributed by atoms with E-state index >= 15 is 0 Å². The number of fused-ring (bicyclic) bond motifs is 1. The summed E-state index contributed by atoms with van der Waals surface area (Å²) in [5.41, 5.74) is 2.28. The zero-order valence-corrected chi connectivity index (χ0v) is 8.78. The van der Waals surface area contributed by atoms with Crippen molar-refractivity contribution in [2.24, 2.45) is 0 Å². The van der Waals surface area contributed by atoms with Crippen molar-refractivity contribution in [2.75, 3.05) is 6.61 Å². The number of benzene rings is 1. The Balaban J connectivity index is 2.21. The molecule has 1 aromatic rings. The first-order valence-corrected chi connectivity index (χ1v) is 5.36. The average molecular weight is 204 g/mol. The lowest BCUT2D eigenvalue weighted by molar-refractivity contribution is 0.156. The highest BCUT2D eigenvalue weighted by molar-refractivity contribution is 5.38. The normalized spacial score (nSPS) is 19.4. The fourth-order valence-corrected chi connectivity index (χ4v) is 2.01. The lowest BCUT2D eigenvalue weighted by Gasteiger charge is -2.21. The maximum Gasteiger partial charge on any atom is 0.120 e. The predicted octanol–water partition coefficient (Wildman–Crippen LogP) is 2.62. The molecule has 2 nitrogen and oxygen atoms in total. The maximum atomic E-state index is 9.77. The number of aliphatic hydroxyl groups is 1. The molecule has 15 heavy (non-hydrogen) atoms. The van der Waals surface area contributed by atoms with Crippen molar-refractivity contribution in [3.05, 3.63) is 42.0 Å². The lowest BCUT2D eigenvalue weighted by Crippen LogP contribution is -2.09. The van der Waals surface area contributed by atoms with E-state index in [-0.39, 0.29) is 6.10 Å². The smallest absolute Gasteiger partial charge is 0.120 e. The summed E-state index contributed by atoms with van der Waals surface area (Å²) in [7, 11) is 0. The summed E-state index contributed by atoms with van der Waals surface area (Å²) in [5, 5.41) is 9.77. The van der Waals surface area contributed by atoms with Gasteiger partial charge in [0.25, 0.3) is 0 Å². The Morgan fingerprint density at radius 3 is 3.20 bits per heavy atom. The molecular formula is C13H16O2. The van der Waals surface area contributed by atoms with Gasteiger partial charge in [-0.1, -0.05) is 18.7 Å². The molecule has 1 aromatic carbocycles. The van der Waals surface area contributed by atoms with E-state index in [1.165, 1.54) is 5.56 Å². The Morgan fingerprint density at radius 2 is 2.40 bits per heavy atom. The molecule has 0 aromatic heterocycles. The Morgan fingerprint density at radius 1 is 1.53 bits per heavy atom. The summed E-state index contributed by atoms with van der Waals surface area (Å²) in [6.45, 7) is 4.14. The topological polar surface area (TPSA) is 29.5 Å². The molecule has 0 saturated carbocycles. The molecule has 0 heterocycles. The van der Waals surface area contributed by atoms with Gasteiger partial charge in [-0.25, -0.2) is 0 Å². The molecule has 0 radical (unpaired) electrons. The molecule has 2 heteroatoms. The van der Waals surface area contributed by atoms with Gasteiger partial charge in [-0.15, -0.1) is 0 Å². The first-order valence-electron chi connectivity index (χ1n) is 5.36. The lowest BCUT2D eigenvalue weighted by atomic mass is 9.89. The number of hydrogen-bond acceptors (Lipinski definition) is 2. The second-order valence-electron chi connectivity index (χ2n) is 3.87. The van der Waals surface area contributed by atoms with Gasteiger partial charge in [-0.3, -0.25) is 0 Å². The van der Waals surface area contributed by atoms with Crippen LogP contribution in [-0.2, 0) is 6.42 Å². The second kappa shape index (κ2) is 4.49. The van der Waals surface area contributed by atoms with E-state index in [2.05, 4.69) is 6.58 Å². The van der Waals surface area contributed by atoms with Crippen LogP contribution in [0.25, 0.3) is 0 Å². The van der Waals surface area contributed by atoms with Gasteiger partial charge >= 0.3 is 0 Å². The molecule has 2 rings (SSSR count). The summed E-state index contributed by atoms with van der Waals surface area (Å²) >= 11 is 0. The maximum absolute atomic E-state index is 9.77. The van der Waals surface area contributed by atoms with Crippen LogP contribution in [0.15, 0.2) is 30.9 Å². The largest absolute Gasteiger partial charge is 0.490 e. The van der Waals surface area contributed by atoms with E-state index in [0.29, 0.717) is 6.61 Å². The zero-order chi connectivity index (χ0) is 10.7. The monoisotopic (exact) mass is 204 g/mol. The summed E-state index contributed by atoms with van der Waals surface area (Å²) in [6.07, 6.45) is 4.41. The number of aliphatic hydroxyl groups excluding tert-OH is 1. The van der Waals surface area contributed by atoms with E-state index in [9.17, 15) is 5.11 Å². The molecule has 0 amide bonds. The zero-order valence-electron chi connectivity index (χ0n) is 8.78. The van der Waals surface area contributed by atoms with E-state index in [0.717, 1.165) is 30.6 Å². The van der Waals surface area contributed by atoms with Crippen molar-refractivity contribution < 1.29 is 9.84 Å². The number of rotatable bonds is 3. The summed E-state index contributed by atoms with van der Waals surface area (Å²) < 4.78 is 5.46. The summed E-state index contributed by atoms with van der Waals surface area (Å²) in [4.78, 5) is 0. The molecule has 1 aliphatic carbocycles. The van der Waals surface area contributed by atoms with E-state index in [4.69, 9.17) is 4.74 Å². The molecule has 1 N–H and O–H groups in total. The van der Waals surface area contributed by atoms with Crippen LogP contribution in [0.2, 0.25) is 0 Å². The van der Waals surface area contributed by atoms with Crippen LogP contribution in [0, 0.1) is 0 Å². The van der Waals surface area contributed by atoms with Crippen LogP contribution in [0.4, 0.5) is 0 Å². The first-order chi connectivity index (χ1) is 7.31. The van der Waals surface area contributed by atoms with Gasteiger partial charge in [0.2, 0.25) is 0 Å². The van der Waals surface area contributed by atoms with Crippen LogP contribution in [0.1, 0.15) is 30.1 Å². The summed E-state index contributed by atoms with van der Waals surface area (Å²) in [5.74, 6) is 0.864. The average Bonchev–Trinajstić information content (AvgIpc) is 2.26. The third-order valence-corrected chi connectivity index (χ3v) is 2.76. The second-order valence-corrected chi connectivity index (χ2v) is 3.87. The SMILES string of the molecule is C=CCOc1ccc2c(c1)CCCC2O. The highest BCUT2D eigenvalue weighted by Crippen LogP contribution is 2.31. The highest BCUT2D eigenvalue weighted by Gasteiger charge is 2.17. The Hall–Kier alpha value is -1.28. The molecular weight excluding hydrogens is 188 g/mol. The minimum absolute atomic E-state index is 0.290. The molecule has 1 atom stereocenters. The molecule has 0 saturated heterocycles. The minimum Gasteiger partial charge on any atom is -0.490 e. The van der Waals surface area contributed by atoms with Crippen LogP contribution in [0.3, 0.4) is 0 Å². The molecule has 1 aliphatic rings. The molecule has 80 valence electrons. The van der Waals surface area contributed by atoms with Crippen molar-refractivity contribution in [3.8, 4) is 5.75 Å². The van der Waals surface area contributed by atoms with Crippen molar-refractivity contribution in [1.82, 2.24) is 0 Å². The molecule has 1 unspecified atom stereocenters. The van der Waals surface area contributed by atoms with E-state index in [1.807, 2.05) is 18.2 Å². The van der Waals surface area contributed by atoms with Gasteiger partial charge in [-0.05, 0) is 42.5 Å². The van der Waals surface area contributed by atoms with Crippen molar-refractivity contribution in [1.29, 1.82) is 0 Å². The Bertz CT molecular complexity index is 358. The van der Waals surface area contributed by atoms with Crippen molar-refractivity contribution in [3.63, 3.8) is 0 Å². The standard InChI is InChI=1S/C13H16O2/c1-2-8-15-11-6-7-12-10(9-11)4-3-5-13(12)14/h2,6-7,9,13-14H,1,3-5,8H2. The molecule has 0 bridgehead atoms. The van der Waals surface area contributed by atoms with Gasteiger partial charge in [0.15, 0.2) is 0 Å². The van der Waals surface area contributed by atoms with Gasteiger partial charge in [0.1, 0.15) is 12.4 Å². The van der Waals surface area contributed by atoms with E-state index < -0.39 is 0 Å². The Labute approximate surface area is 90.2 Å². The van der Waals surface area contributed by atoms with Gasteiger partial charge in [-0.2, -0.15) is 0 Å². The van der Waals surface area contributed by atoms with Crippen molar-refractivity contribution in [2.45, 2.75) is 25.4 Å². The molecule has 0 spiro atoms. The fourth-order valence-electron chi connectivity index (χ4n) is 2.01. The third kappa shape index (κ3) is 2.21. The number of hydrogen-bond donors (Lipinski definition) is 1. The van der Waals surface area contributed by atoms with Crippen LogP contribution >= 0.6 is 0 Å². The van der Waals surface area contributed by atoms with Crippen LogP contribution in [0.5, 0.6) is 5.75 Å². The first kappa shape index (κ1) is 10.2. The fraction of sp³-hybridized carbons (Fsp3) is 0.385. The van der Waals surface area contributed by atoms with Crippen LogP contribution < -0.4 is 4.74 Å². The predicted molar refractivity (Wildman–Crippen MR) is 60.0 cm³/mol.